The van der Waals surface area contributed by atoms with E-state index in [1.54, 1.807) is 32.5 Å². The quantitative estimate of drug-likeness (QED) is 0.792. The highest BCUT2D eigenvalue weighted by atomic mass is 16.5. The summed E-state index contributed by atoms with van der Waals surface area (Å²) < 4.78 is 10.7. The van der Waals surface area contributed by atoms with E-state index in [4.69, 9.17) is 14.7 Å². The molecule has 0 amide bonds. The Labute approximate surface area is 134 Å². The van der Waals surface area contributed by atoms with Crippen molar-refractivity contribution in [2.75, 3.05) is 19.5 Å². The number of hydrogen-bond acceptors (Lipinski definition) is 5. The molecule has 114 valence electrons. The summed E-state index contributed by atoms with van der Waals surface area (Å²) >= 11 is 0. The van der Waals surface area contributed by atoms with Gasteiger partial charge in [-0.2, -0.15) is 5.26 Å². The van der Waals surface area contributed by atoms with E-state index in [1.807, 2.05) is 30.3 Å². The molecule has 2 aromatic carbocycles. The number of nitriles is 1. The van der Waals surface area contributed by atoms with Crippen LogP contribution in [0, 0.1) is 11.3 Å². The summed E-state index contributed by atoms with van der Waals surface area (Å²) in [7, 11) is 3.20. The molecule has 0 atom stereocenters. The number of anilines is 2. The molecule has 1 heterocycles. The molecular weight excluding hydrogens is 290 g/mol. The molecule has 1 aromatic heterocycles. The predicted molar refractivity (Wildman–Crippen MR) is 89.3 cm³/mol. The van der Waals surface area contributed by atoms with Gasteiger partial charge in [0.1, 0.15) is 0 Å². The van der Waals surface area contributed by atoms with Gasteiger partial charge in [0, 0.05) is 29.0 Å². The number of benzene rings is 2. The number of fused-ring (bicyclic) bond motifs is 1. The SMILES string of the molecule is COc1cc2nccc(Nc3ccc(C#N)cc3)c2cc1OC. The fourth-order valence-electron chi connectivity index (χ4n) is 2.37. The van der Waals surface area contributed by atoms with Gasteiger partial charge in [-0.05, 0) is 36.4 Å². The second kappa shape index (κ2) is 6.24. The predicted octanol–water partition coefficient (Wildman–Crippen LogP) is 3.87. The Hall–Kier alpha value is -3.26. The van der Waals surface area contributed by atoms with Crippen molar-refractivity contribution in [1.82, 2.24) is 4.98 Å². The van der Waals surface area contributed by atoms with Gasteiger partial charge >= 0.3 is 0 Å². The summed E-state index contributed by atoms with van der Waals surface area (Å²) in [5, 5.41) is 13.1. The highest BCUT2D eigenvalue weighted by molar-refractivity contribution is 5.95. The zero-order valence-corrected chi connectivity index (χ0v) is 12.8. The fraction of sp³-hybridized carbons (Fsp3) is 0.111. The van der Waals surface area contributed by atoms with Crippen molar-refractivity contribution < 1.29 is 9.47 Å². The molecule has 0 saturated heterocycles. The monoisotopic (exact) mass is 305 g/mol. The van der Waals surface area contributed by atoms with Crippen molar-refractivity contribution in [3.05, 3.63) is 54.2 Å². The van der Waals surface area contributed by atoms with Crippen molar-refractivity contribution in [2.24, 2.45) is 0 Å². The second-order valence-electron chi connectivity index (χ2n) is 4.90. The molecule has 3 rings (SSSR count). The summed E-state index contributed by atoms with van der Waals surface area (Å²) in [6.45, 7) is 0. The van der Waals surface area contributed by atoms with Gasteiger partial charge in [-0.15, -0.1) is 0 Å². The van der Waals surface area contributed by atoms with Crippen LogP contribution in [0.3, 0.4) is 0 Å². The van der Waals surface area contributed by atoms with Crippen LogP contribution in [0.1, 0.15) is 5.56 Å². The number of nitrogens with one attached hydrogen (secondary N) is 1. The van der Waals surface area contributed by atoms with Gasteiger partial charge in [-0.1, -0.05) is 0 Å². The molecule has 23 heavy (non-hydrogen) atoms. The molecule has 0 aliphatic heterocycles. The van der Waals surface area contributed by atoms with Gasteiger partial charge in [0.2, 0.25) is 0 Å². The van der Waals surface area contributed by atoms with E-state index >= 15 is 0 Å². The highest BCUT2D eigenvalue weighted by Gasteiger charge is 2.10. The number of rotatable bonds is 4. The second-order valence-corrected chi connectivity index (χ2v) is 4.90. The van der Waals surface area contributed by atoms with Crippen LogP contribution in [0.25, 0.3) is 10.9 Å². The summed E-state index contributed by atoms with van der Waals surface area (Å²) in [4.78, 5) is 4.38. The molecule has 5 heteroatoms. The average molecular weight is 305 g/mol. The molecule has 1 N–H and O–H groups in total. The van der Waals surface area contributed by atoms with Gasteiger partial charge in [0.15, 0.2) is 11.5 Å². The van der Waals surface area contributed by atoms with Crippen LogP contribution in [0.5, 0.6) is 11.5 Å². The van der Waals surface area contributed by atoms with E-state index in [0.29, 0.717) is 17.1 Å². The van der Waals surface area contributed by atoms with E-state index in [-0.39, 0.29) is 0 Å². The maximum atomic E-state index is 8.86. The number of hydrogen-bond donors (Lipinski definition) is 1. The maximum Gasteiger partial charge on any atom is 0.162 e. The molecular formula is C18H15N3O2. The first-order valence-electron chi connectivity index (χ1n) is 7.03. The lowest BCUT2D eigenvalue weighted by Gasteiger charge is -2.13. The molecule has 0 spiro atoms. The van der Waals surface area contributed by atoms with E-state index in [0.717, 1.165) is 22.3 Å². The Morgan fingerprint density at radius 2 is 1.70 bits per heavy atom. The summed E-state index contributed by atoms with van der Waals surface area (Å²) in [5.74, 6) is 1.29. The zero-order valence-electron chi connectivity index (χ0n) is 12.8. The highest BCUT2D eigenvalue weighted by Crippen LogP contribution is 2.35. The van der Waals surface area contributed by atoms with Crippen LogP contribution in [-0.4, -0.2) is 19.2 Å². The molecule has 0 radical (unpaired) electrons. The first-order chi connectivity index (χ1) is 11.2. The normalized spacial score (nSPS) is 10.1. The number of methoxy groups -OCH3 is 2. The maximum absolute atomic E-state index is 8.86. The average Bonchev–Trinajstić information content (AvgIpc) is 2.61. The minimum Gasteiger partial charge on any atom is -0.493 e. The zero-order chi connectivity index (χ0) is 16.2. The standard InChI is InChI=1S/C18H15N3O2/c1-22-17-9-14-15(7-8-20-16(14)10-18(17)23-2)21-13-5-3-12(11-19)4-6-13/h3-10H,1-2H3,(H,20,21). The molecule has 0 aliphatic rings. The number of nitrogens with zero attached hydrogens (tertiary/aromatic N) is 2. The van der Waals surface area contributed by atoms with Crippen molar-refractivity contribution >= 4 is 22.3 Å². The van der Waals surface area contributed by atoms with Crippen LogP contribution in [0.4, 0.5) is 11.4 Å². The topological polar surface area (TPSA) is 67.2 Å². The van der Waals surface area contributed by atoms with Gasteiger partial charge in [0.05, 0.1) is 31.4 Å². The first-order valence-corrected chi connectivity index (χ1v) is 7.03. The van der Waals surface area contributed by atoms with Crippen molar-refractivity contribution in [1.29, 1.82) is 5.26 Å². The van der Waals surface area contributed by atoms with Crippen LogP contribution >= 0.6 is 0 Å². The lowest BCUT2D eigenvalue weighted by molar-refractivity contribution is 0.356. The largest absolute Gasteiger partial charge is 0.493 e. The van der Waals surface area contributed by atoms with Crippen LogP contribution < -0.4 is 14.8 Å². The van der Waals surface area contributed by atoms with Crippen LogP contribution in [0.2, 0.25) is 0 Å². The number of pyridine rings is 1. The Kier molecular flexibility index (Phi) is 3.98. The summed E-state index contributed by atoms with van der Waals surface area (Å²) in [6.07, 6.45) is 1.74. The molecule has 0 aliphatic carbocycles. The van der Waals surface area contributed by atoms with Crippen molar-refractivity contribution in [3.63, 3.8) is 0 Å². The first kappa shape index (κ1) is 14.7. The van der Waals surface area contributed by atoms with Crippen molar-refractivity contribution in [2.45, 2.75) is 0 Å². The van der Waals surface area contributed by atoms with Gasteiger partial charge in [0.25, 0.3) is 0 Å². The molecule has 3 aromatic rings. The van der Waals surface area contributed by atoms with Gasteiger partial charge in [-0.3, -0.25) is 4.98 Å². The third-order valence-electron chi connectivity index (χ3n) is 3.54. The van der Waals surface area contributed by atoms with Crippen LogP contribution in [0.15, 0.2) is 48.7 Å². The Balaban J connectivity index is 2.04. The molecule has 5 nitrogen and oxygen atoms in total. The smallest absolute Gasteiger partial charge is 0.162 e. The van der Waals surface area contributed by atoms with E-state index in [1.165, 1.54) is 0 Å². The third kappa shape index (κ3) is 2.87. The lowest BCUT2D eigenvalue weighted by atomic mass is 10.1. The minimum absolute atomic E-state index is 0.626. The van der Waals surface area contributed by atoms with E-state index < -0.39 is 0 Å². The van der Waals surface area contributed by atoms with Crippen molar-refractivity contribution in [3.8, 4) is 17.6 Å². The van der Waals surface area contributed by atoms with Crippen LogP contribution in [-0.2, 0) is 0 Å². The minimum atomic E-state index is 0.626. The summed E-state index contributed by atoms with van der Waals surface area (Å²) in [5.41, 5.74) is 3.23. The fourth-order valence-corrected chi connectivity index (χ4v) is 2.37. The number of aromatic nitrogens is 1. The van der Waals surface area contributed by atoms with E-state index in [2.05, 4.69) is 16.4 Å². The molecule has 0 bridgehead atoms. The van der Waals surface area contributed by atoms with E-state index in [9.17, 15) is 0 Å². The van der Waals surface area contributed by atoms with Gasteiger partial charge in [-0.25, -0.2) is 0 Å². The Morgan fingerprint density at radius 1 is 1.00 bits per heavy atom. The molecule has 0 saturated carbocycles. The summed E-state index contributed by atoms with van der Waals surface area (Å²) in [6, 6.07) is 15.0. The Bertz CT molecular complexity index is 883. The number of ether oxygens (including phenoxy) is 2. The third-order valence-corrected chi connectivity index (χ3v) is 3.54. The molecule has 0 unspecified atom stereocenters. The van der Waals surface area contributed by atoms with Gasteiger partial charge < -0.3 is 14.8 Å². The lowest BCUT2D eigenvalue weighted by Crippen LogP contribution is -1.95. The Morgan fingerprint density at radius 3 is 2.35 bits per heavy atom. The molecule has 0 fully saturated rings.